The summed E-state index contributed by atoms with van der Waals surface area (Å²) in [6.45, 7) is 5.46. The van der Waals surface area contributed by atoms with Crippen molar-refractivity contribution in [2.24, 2.45) is 5.92 Å². The molecule has 7 heteroatoms. The minimum absolute atomic E-state index is 0.0495. The van der Waals surface area contributed by atoms with E-state index < -0.39 is 10.0 Å². The van der Waals surface area contributed by atoms with Crippen LogP contribution in [-0.4, -0.2) is 68.2 Å². The molecule has 0 radical (unpaired) electrons. The first-order valence-corrected chi connectivity index (χ1v) is 8.67. The zero-order chi connectivity index (χ0) is 14.9. The maximum Gasteiger partial charge on any atom is 0.225 e. The second-order valence-corrected chi connectivity index (χ2v) is 8.13. The van der Waals surface area contributed by atoms with Crippen molar-refractivity contribution in [3.8, 4) is 0 Å². The highest BCUT2D eigenvalue weighted by molar-refractivity contribution is 7.89. The van der Waals surface area contributed by atoms with Gasteiger partial charge in [0.15, 0.2) is 0 Å². The van der Waals surface area contributed by atoms with Crippen LogP contribution in [0.2, 0.25) is 0 Å². The van der Waals surface area contributed by atoms with Crippen LogP contribution >= 0.6 is 0 Å². The second-order valence-electron chi connectivity index (χ2n) is 5.92. The summed E-state index contributed by atoms with van der Waals surface area (Å²) in [5, 5.41) is -0.381. The number of sulfonamides is 1. The van der Waals surface area contributed by atoms with Crippen molar-refractivity contribution in [2.45, 2.75) is 38.0 Å². The number of rotatable bonds is 4. The minimum atomic E-state index is -3.23. The monoisotopic (exact) mass is 304 g/mol. The van der Waals surface area contributed by atoms with Crippen LogP contribution in [0.25, 0.3) is 0 Å². The fraction of sp³-hybridized carbons (Fsp3) is 0.923. The van der Waals surface area contributed by atoms with Gasteiger partial charge < -0.3 is 9.64 Å². The standard InChI is InChI=1S/C13H24N2O4S/c1-10(2)14(3)13(16)11-4-6-15(7-5-11)20(17,18)12-8-19-9-12/h10-12H,4-9H2,1-3H3. The van der Waals surface area contributed by atoms with E-state index in [2.05, 4.69) is 0 Å². The zero-order valence-corrected chi connectivity index (χ0v) is 13.2. The van der Waals surface area contributed by atoms with Gasteiger partial charge in [-0.05, 0) is 26.7 Å². The fourth-order valence-electron chi connectivity index (χ4n) is 2.50. The Morgan fingerprint density at radius 1 is 1.25 bits per heavy atom. The SMILES string of the molecule is CC(C)N(C)C(=O)C1CCN(S(=O)(=O)C2COC2)CC1. The van der Waals surface area contributed by atoms with E-state index in [1.807, 2.05) is 20.9 Å². The van der Waals surface area contributed by atoms with Crippen molar-refractivity contribution in [2.75, 3.05) is 33.4 Å². The lowest BCUT2D eigenvalue weighted by atomic mass is 9.96. The molecule has 2 aliphatic heterocycles. The molecule has 0 saturated carbocycles. The highest BCUT2D eigenvalue weighted by atomic mass is 32.2. The summed E-state index contributed by atoms with van der Waals surface area (Å²) in [6.07, 6.45) is 1.23. The van der Waals surface area contributed by atoms with Gasteiger partial charge >= 0.3 is 0 Å². The van der Waals surface area contributed by atoms with Crippen molar-refractivity contribution in [1.29, 1.82) is 0 Å². The molecule has 0 atom stereocenters. The van der Waals surface area contributed by atoms with Crippen LogP contribution in [0.15, 0.2) is 0 Å². The number of carbonyl (C=O) groups excluding carboxylic acids is 1. The van der Waals surface area contributed by atoms with Gasteiger partial charge in [0.05, 0.1) is 13.2 Å². The molecule has 2 heterocycles. The Morgan fingerprint density at radius 3 is 2.20 bits per heavy atom. The van der Waals surface area contributed by atoms with Crippen LogP contribution in [0.4, 0.5) is 0 Å². The molecule has 1 amide bonds. The molecule has 6 nitrogen and oxygen atoms in total. The van der Waals surface area contributed by atoms with Gasteiger partial charge in [-0.1, -0.05) is 0 Å². The van der Waals surface area contributed by atoms with E-state index in [0.29, 0.717) is 39.1 Å². The summed E-state index contributed by atoms with van der Waals surface area (Å²) in [7, 11) is -1.42. The van der Waals surface area contributed by atoms with E-state index in [-0.39, 0.29) is 23.1 Å². The Balaban J connectivity index is 1.91. The largest absolute Gasteiger partial charge is 0.378 e. The van der Waals surface area contributed by atoms with Crippen LogP contribution in [0.3, 0.4) is 0 Å². The molecule has 0 aromatic rings. The molecule has 0 unspecified atom stereocenters. The zero-order valence-electron chi connectivity index (χ0n) is 12.4. The lowest BCUT2D eigenvalue weighted by molar-refractivity contribution is -0.136. The van der Waals surface area contributed by atoms with Crippen LogP contribution in [0.1, 0.15) is 26.7 Å². The van der Waals surface area contributed by atoms with Crippen LogP contribution in [0.5, 0.6) is 0 Å². The first-order valence-electron chi connectivity index (χ1n) is 7.17. The van der Waals surface area contributed by atoms with Crippen molar-refractivity contribution in [3.05, 3.63) is 0 Å². The van der Waals surface area contributed by atoms with Gasteiger partial charge in [-0.3, -0.25) is 4.79 Å². The van der Waals surface area contributed by atoms with Crippen molar-refractivity contribution >= 4 is 15.9 Å². The number of amides is 1. The lowest BCUT2D eigenvalue weighted by Crippen LogP contribution is -2.52. The number of hydrogen-bond donors (Lipinski definition) is 0. The average Bonchev–Trinajstić information content (AvgIpc) is 2.34. The summed E-state index contributed by atoms with van der Waals surface area (Å²) >= 11 is 0. The summed E-state index contributed by atoms with van der Waals surface area (Å²) in [4.78, 5) is 14.0. The average molecular weight is 304 g/mol. The smallest absolute Gasteiger partial charge is 0.225 e. The third-order valence-electron chi connectivity index (χ3n) is 4.31. The topological polar surface area (TPSA) is 66.9 Å². The summed E-state index contributed by atoms with van der Waals surface area (Å²) in [6, 6.07) is 0.177. The number of ether oxygens (including phenoxy) is 1. The minimum Gasteiger partial charge on any atom is -0.378 e. The van der Waals surface area contributed by atoms with Crippen molar-refractivity contribution in [3.63, 3.8) is 0 Å². The molecule has 0 aromatic carbocycles. The van der Waals surface area contributed by atoms with Crippen LogP contribution in [-0.2, 0) is 19.6 Å². The first-order chi connectivity index (χ1) is 9.34. The highest BCUT2D eigenvalue weighted by Crippen LogP contribution is 2.25. The molecule has 20 heavy (non-hydrogen) atoms. The Hall–Kier alpha value is -0.660. The third-order valence-corrected chi connectivity index (χ3v) is 6.51. The Kier molecular flexibility index (Phi) is 4.71. The highest BCUT2D eigenvalue weighted by Gasteiger charge is 2.40. The number of nitrogens with zero attached hydrogens (tertiary/aromatic N) is 2. The van der Waals surface area contributed by atoms with E-state index in [9.17, 15) is 13.2 Å². The molecular formula is C13H24N2O4S. The molecule has 0 aromatic heterocycles. The Bertz CT molecular complexity index is 451. The molecule has 2 saturated heterocycles. The molecule has 2 rings (SSSR count). The van der Waals surface area contributed by atoms with E-state index >= 15 is 0 Å². The Morgan fingerprint density at radius 2 is 1.80 bits per heavy atom. The lowest BCUT2D eigenvalue weighted by Gasteiger charge is -2.37. The van der Waals surface area contributed by atoms with Gasteiger partial charge in [0.1, 0.15) is 5.25 Å². The van der Waals surface area contributed by atoms with Gasteiger partial charge in [0, 0.05) is 32.1 Å². The molecule has 0 N–H and O–H groups in total. The van der Waals surface area contributed by atoms with Crippen LogP contribution in [0, 0.1) is 5.92 Å². The maximum atomic E-state index is 12.2. The molecule has 0 aliphatic carbocycles. The molecule has 2 aliphatic rings. The molecular weight excluding hydrogens is 280 g/mol. The van der Waals surface area contributed by atoms with Gasteiger partial charge in [-0.15, -0.1) is 0 Å². The number of hydrogen-bond acceptors (Lipinski definition) is 4. The summed E-state index contributed by atoms with van der Waals surface area (Å²) in [5.74, 6) is 0.0792. The molecule has 0 bridgehead atoms. The first kappa shape index (κ1) is 15.7. The van der Waals surface area contributed by atoms with E-state index in [1.165, 1.54) is 4.31 Å². The predicted octanol–water partition coefficient (Wildman–Crippen LogP) is 0.294. The van der Waals surface area contributed by atoms with Gasteiger partial charge in [-0.25, -0.2) is 12.7 Å². The Labute approximate surface area is 121 Å². The second kappa shape index (κ2) is 5.99. The van der Waals surface area contributed by atoms with Gasteiger partial charge in [0.25, 0.3) is 0 Å². The fourth-order valence-corrected chi connectivity index (χ4v) is 4.17. The van der Waals surface area contributed by atoms with E-state index in [1.54, 1.807) is 4.90 Å². The van der Waals surface area contributed by atoms with Gasteiger partial charge in [-0.2, -0.15) is 0 Å². The maximum absolute atomic E-state index is 12.2. The van der Waals surface area contributed by atoms with E-state index in [0.717, 1.165) is 0 Å². The quantitative estimate of drug-likeness (QED) is 0.749. The predicted molar refractivity (Wildman–Crippen MR) is 75.7 cm³/mol. The number of carbonyl (C=O) groups is 1. The van der Waals surface area contributed by atoms with E-state index in [4.69, 9.17) is 4.74 Å². The number of piperidine rings is 1. The third kappa shape index (κ3) is 2.99. The molecule has 0 spiro atoms. The van der Waals surface area contributed by atoms with Crippen LogP contribution < -0.4 is 0 Å². The normalized spacial score (nSPS) is 22.8. The summed E-state index contributed by atoms with van der Waals surface area (Å²) in [5.41, 5.74) is 0. The molecule has 2 fully saturated rings. The van der Waals surface area contributed by atoms with Crippen molar-refractivity contribution in [1.82, 2.24) is 9.21 Å². The molecule has 116 valence electrons. The van der Waals surface area contributed by atoms with Gasteiger partial charge in [0.2, 0.25) is 15.9 Å². The van der Waals surface area contributed by atoms with Crippen molar-refractivity contribution < 1.29 is 17.9 Å². The summed E-state index contributed by atoms with van der Waals surface area (Å²) < 4.78 is 31.0.